The molecule has 0 spiro atoms. The summed E-state index contributed by atoms with van der Waals surface area (Å²) in [5.74, 6) is 1.54. The zero-order valence-electron chi connectivity index (χ0n) is 36.3. The molecule has 0 aromatic rings. The highest BCUT2D eigenvalue weighted by Crippen LogP contribution is 2.17. The minimum Gasteiger partial charge on any atom is -0.462 e. The van der Waals surface area contributed by atoms with Gasteiger partial charge in [0.25, 0.3) is 0 Å². The summed E-state index contributed by atoms with van der Waals surface area (Å²) in [4.78, 5) is 37.7. The Hall–Kier alpha value is -1.59. The van der Waals surface area contributed by atoms with E-state index in [0.29, 0.717) is 19.3 Å². The van der Waals surface area contributed by atoms with Crippen molar-refractivity contribution in [2.75, 3.05) is 13.2 Å². The van der Waals surface area contributed by atoms with E-state index in [1.54, 1.807) is 0 Å². The third kappa shape index (κ3) is 41.4. The van der Waals surface area contributed by atoms with Crippen molar-refractivity contribution in [2.45, 2.75) is 253 Å². The summed E-state index contributed by atoms with van der Waals surface area (Å²) in [5.41, 5.74) is 0. The number of hydrogen-bond acceptors (Lipinski definition) is 6. The van der Waals surface area contributed by atoms with Crippen molar-refractivity contribution in [3.8, 4) is 0 Å². The van der Waals surface area contributed by atoms with Gasteiger partial charge in [0, 0.05) is 19.3 Å². The smallest absolute Gasteiger partial charge is 0.306 e. The second-order valence-corrected chi connectivity index (χ2v) is 17.5. The maximum absolute atomic E-state index is 12.7. The van der Waals surface area contributed by atoms with Crippen LogP contribution in [0.2, 0.25) is 0 Å². The number of ether oxygens (including phenoxy) is 3. The van der Waals surface area contributed by atoms with Gasteiger partial charge in [-0.05, 0) is 37.0 Å². The molecular formula is C47H90O6. The van der Waals surface area contributed by atoms with Crippen LogP contribution in [0, 0.1) is 17.8 Å². The molecule has 0 aromatic heterocycles. The fourth-order valence-corrected chi connectivity index (χ4v) is 6.88. The molecule has 0 N–H and O–H groups in total. The first-order valence-corrected chi connectivity index (χ1v) is 23.1. The summed E-state index contributed by atoms with van der Waals surface area (Å²) in [7, 11) is 0. The highest BCUT2D eigenvalue weighted by atomic mass is 16.6. The fraction of sp³-hybridized carbons (Fsp3) is 0.936. The van der Waals surface area contributed by atoms with Crippen molar-refractivity contribution >= 4 is 17.9 Å². The molecule has 6 nitrogen and oxygen atoms in total. The third-order valence-corrected chi connectivity index (χ3v) is 10.4. The van der Waals surface area contributed by atoms with Crippen LogP contribution in [-0.2, 0) is 28.6 Å². The standard InChI is InChI=1S/C47H90O6/c1-41(2)33-27-21-15-10-7-8-12-18-24-30-36-45(48)51-39-44(40-52-46(49)37-31-25-20-14-17-23-29-35-43(5)6)53-47(50)38-32-26-19-13-9-11-16-22-28-34-42(3)4/h41-44H,7-40H2,1-6H3/t44-/m1/s1. The minimum absolute atomic E-state index is 0.0665. The molecule has 0 rings (SSSR count). The van der Waals surface area contributed by atoms with Crippen molar-refractivity contribution in [3.63, 3.8) is 0 Å². The van der Waals surface area contributed by atoms with E-state index in [4.69, 9.17) is 14.2 Å². The maximum Gasteiger partial charge on any atom is 0.306 e. The van der Waals surface area contributed by atoms with Gasteiger partial charge in [0.15, 0.2) is 6.10 Å². The Morgan fingerprint density at radius 2 is 0.547 bits per heavy atom. The number of carbonyl (C=O) groups excluding carboxylic acids is 3. The van der Waals surface area contributed by atoms with E-state index in [-0.39, 0.29) is 31.1 Å². The van der Waals surface area contributed by atoms with E-state index in [1.807, 2.05) is 0 Å². The Labute approximate surface area is 329 Å². The molecule has 0 heterocycles. The van der Waals surface area contributed by atoms with E-state index in [9.17, 15) is 14.4 Å². The van der Waals surface area contributed by atoms with Gasteiger partial charge in [-0.25, -0.2) is 0 Å². The number of hydrogen-bond donors (Lipinski definition) is 0. The maximum atomic E-state index is 12.7. The summed E-state index contributed by atoms with van der Waals surface area (Å²) >= 11 is 0. The van der Waals surface area contributed by atoms with Crippen LogP contribution < -0.4 is 0 Å². The van der Waals surface area contributed by atoms with E-state index in [0.717, 1.165) is 75.5 Å². The SMILES string of the molecule is CC(C)CCCCCCCCCCCCC(=O)OC[C@H](COC(=O)CCCCCCCCCC(C)C)OC(=O)CCCCCCCCCCCC(C)C. The molecule has 0 aliphatic carbocycles. The predicted molar refractivity (Wildman–Crippen MR) is 224 cm³/mol. The van der Waals surface area contributed by atoms with Crippen LogP contribution in [0.15, 0.2) is 0 Å². The van der Waals surface area contributed by atoms with E-state index < -0.39 is 6.10 Å². The molecule has 0 aliphatic rings. The van der Waals surface area contributed by atoms with Gasteiger partial charge in [0.05, 0.1) is 0 Å². The molecular weight excluding hydrogens is 661 g/mol. The highest BCUT2D eigenvalue weighted by molar-refractivity contribution is 5.71. The van der Waals surface area contributed by atoms with Crippen molar-refractivity contribution < 1.29 is 28.6 Å². The average Bonchev–Trinajstić information content (AvgIpc) is 3.11. The van der Waals surface area contributed by atoms with Crippen LogP contribution in [-0.4, -0.2) is 37.2 Å². The zero-order valence-corrected chi connectivity index (χ0v) is 36.3. The lowest BCUT2D eigenvalue weighted by Gasteiger charge is -2.18. The van der Waals surface area contributed by atoms with Gasteiger partial charge in [0.1, 0.15) is 13.2 Å². The topological polar surface area (TPSA) is 78.9 Å². The summed E-state index contributed by atoms with van der Waals surface area (Å²) in [6.45, 7) is 13.6. The Kier molecular flexibility index (Phi) is 37.5. The van der Waals surface area contributed by atoms with Crippen molar-refractivity contribution in [2.24, 2.45) is 17.8 Å². The molecule has 0 aromatic carbocycles. The van der Waals surface area contributed by atoms with Gasteiger partial charge in [-0.1, -0.05) is 208 Å². The monoisotopic (exact) mass is 751 g/mol. The van der Waals surface area contributed by atoms with Crippen LogP contribution >= 0.6 is 0 Å². The molecule has 0 radical (unpaired) electrons. The molecule has 0 bridgehead atoms. The predicted octanol–water partition coefficient (Wildman–Crippen LogP) is 14.4. The number of esters is 3. The van der Waals surface area contributed by atoms with Crippen molar-refractivity contribution in [1.29, 1.82) is 0 Å². The lowest BCUT2D eigenvalue weighted by molar-refractivity contribution is -0.167. The molecule has 0 saturated heterocycles. The van der Waals surface area contributed by atoms with Gasteiger partial charge in [-0.3, -0.25) is 14.4 Å². The summed E-state index contributed by atoms with van der Waals surface area (Å²) < 4.78 is 16.7. The summed E-state index contributed by atoms with van der Waals surface area (Å²) in [5, 5.41) is 0. The van der Waals surface area contributed by atoms with Crippen molar-refractivity contribution in [3.05, 3.63) is 0 Å². The van der Waals surface area contributed by atoms with Gasteiger partial charge in [-0.2, -0.15) is 0 Å². The van der Waals surface area contributed by atoms with Crippen LogP contribution in [0.4, 0.5) is 0 Å². The molecule has 53 heavy (non-hydrogen) atoms. The molecule has 1 atom stereocenters. The molecule has 0 aliphatic heterocycles. The van der Waals surface area contributed by atoms with Crippen LogP contribution in [0.3, 0.4) is 0 Å². The van der Waals surface area contributed by atoms with Crippen LogP contribution in [0.1, 0.15) is 247 Å². The molecule has 0 saturated carbocycles. The minimum atomic E-state index is -0.762. The summed E-state index contributed by atoms with van der Waals surface area (Å²) in [6.07, 6.45) is 35.3. The van der Waals surface area contributed by atoms with E-state index in [1.165, 1.54) is 128 Å². The van der Waals surface area contributed by atoms with Crippen LogP contribution in [0.25, 0.3) is 0 Å². The first kappa shape index (κ1) is 51.4. The summed E-state index contributed by atoms with van der Waals surface area (Å²) in [6, 6.07) is 0. The second kappa shape index (κ2) is 38.7. The molecule has 0 unspecified atom stereocenters. The first-order chi connectivity index (χ1) is 25.6. The zero-order chi connectivity index (χ0) is 39.2. The molecule has 0 fully saturated rings. The van der Waals surface area contributed by atoms with Crippen LogP contribution in [0.5, 0.6) is 0 Å². The largest absolute Gasteiger partial charge is 0.462 e. The number of unbranched alkanes of at least 4 members (excludes halogenated alkanes) is 23. The van der Waals surface area contributed by atoms with E-state index in [2.05, 4.69) is 41.5 Å². The highest BCUT2D eigenvalue weighted by Gasteiger charge is 2.19. The first-order valence-electron chi connectivity index (χ1n) is 23.1. The Balaban J connectivity index is 4.34. The van der Waals surface area contributed by atoms with E-state index >= 15 is 0 Å². The Morgan fingerprint density at radius 3 is 0.811 bits per heavy atom. The lowest BCUT2D eigenvalue weighted by atomic mass is 10.0. The van der Waals surface area contributed by atoms with Crippen molar-refractivity contribution in [1.82, 2.24) is 0 Å². The third-order valence-electron chi connectivity index (χ3n) is 10.4. The Morgan fingerprint density at radius 1 is 0.321 bits per heavy atom. The second-order valence-electron chi connectivity index (χ2n) is 17.5. The lowest BCUT2D eigenvalue weighted by Crippen LogP contribution is -2.30. The Bertz CT molecular complexity index is 822. The quantitative estimate of drug-likeness (QED) is 0.0352. The average molecular weight is 751 g/mol. The number of rotatable bonds is 40. The fourth-order valence-electron chi connectivity index (χ4n) is 6.88. The number of carbonyl (C=O) groups is 3. The van der Waals surface area contributed by atoms with Gasteiger partial charge < -0.3 is 14.2 Å². The molecule has 0 amide bonds. The molecule has 314 valence electrons. The normalized spacial score (nSPS) is 12.2. The van der Waals surface area contributed by atoms with Gasteiger partial charge >= 0.3 is 17.9 Å². The van der Waals surface area contributed by atoms with Gasteiger partial charge in [-0.15, -0.1) is 0 Å². The van der Waals surface area contributed by atoms with Gasteiger partial charge in [0.2, 0.25) is 0 Å². The molecule has 6 heteroatoms.